The van der Waals surface area contributed by atoms with Crippen LogP contribution < -0.4 is 0 Å². The van der Waals surface area contributed by atoms with Crippen LogP contribution in [0.25, 0.3) is 5.78 Å². The lowest BCUT2D eigenvalue weighted by Crippen LogP contribution is -2.49. The Labute approximate surface area is 172 Å². The van der Waals surface area contributed by atoms with Gasteiger partial charge in [0.15, 0.2) is 0 Å². The average molecular weight is 471 g/mol. The molecule has 1 aliphatic rings. The van der Waals surface area contributed by atoms with E-state index in [1.165, 1.54) is 21.8 Å². The zero-order valence-electron chi connectivity index (χ0n) is 14.7. The highest BCUT2D eigenvalue weighted by Gasteiger charge is 2.43. The monoisotopic (exact) mass is 469 g/mol. The molecule has 1 amide bonds. The Hall–Kier alpha value is -2.13. The molecule has 1 saturated heterocycles. The van der Waals surface area contributed by atoms with Crippen molar-refractivity contribution in [3.63, 3.8) is 0 Å². The Kier molecular flexibility index (Phi) is 4.83. The molecule has 28 heavy (non-hydrogen) atoms. The maximum Gasteiger partial charge on any atom is 0.266 e. The number of aromatic nitrogens is 4. The molecular weight excluding hydrogens is 456 g/mol. The van der Waals surface area contributed by atoms with Gasteiger partial charge in [-0.3, -0.25) is 4.79 Å². The standard InChI is InChI=1S/C18H15BrClF2N5O/c1-10-4-15(27-17(25-10)23-9-24-27)12-6-18(21,22)8-26(7-12)16(28)11-2-3-13(19)14(20)5-11/h2-5,9,12H,6-8H2,1H3. The van der Waals surface area contributed by atoms with Gasteiger partial charge in [-0.05, 0) is 47.1 Å². The van der Waals surface area contributed by atoms with E-state index in [4.69, 9.17) is 11.6 Å². The minimum atomic E-state index is -3.03. The Bertz CT molecular complexity index is 1070. The number of rotatable bonds is 2. The fourth-order valence-electron chi connectivity index (χ4n) is 3.51. The van der Waals surface area contributed by atoms with Gasteiger partial charge in [-0.15, -0.1) is 0 Å². The van der Waals surface area contributed by atoms with Crippen LogP contribution in [0.1, 0.15) is 34.1 Å². The minimum absolute atomic E-state index is 0.139. The molecule has 10 heteroatoms. The lowest BCUT2D eigenvalue weighted by Gasteiger charge is -2.37. The maximum absolute atomic E-state index is 14.5. The van der Waals surface area contributed by atoms with E-state index in [-0.39, 0.29) is 18.5 Å². The molecule has 0 bridgehead atoms. The SMILES string of the molecule is Cc1cc(C2CN(C(=O)c3ccc(Br)c(Cl)c3)CC(F)(F)C2)n2ncnc2n1. The van der Waals surface area contributed by atoms with Crippen molar-refractivity contribution in [1.82, 2.24) is 24.5 Å². The topological polar surface area (TPSA) is 63.4 Å². The van der Waals surface area contributed by atoms with E-state index >= 15 is 0 Å². The molecule has 0 spiro atoms. The number of aryl methyl sites for hydroxylation is 1. The van der Waals surface area contributed by atoms with Gasteiger partial charge in [0.1, 0.15) is 6.33 Å². The van der Waals surface area contributed by atoms with Crippen LogP contribution in [0.15, 0.2) is 35.1 Å². The van der Waals surface area contributed by atoms with E-state index in [0.29, 0.717) is 26.7 Å². The van der Waals surface area contributed by atoms with Crippen LogP contribution in [0.4, 0.5) is 8.78 Å². The van der Waals surface area contributed by atoms with Crippen molar-refractivity contribution < 1.29 is 13.6 Å². The summed E-state index contributed by atoms with van der Waals surface area (Å²) >= 11 is 9.32. The van der Waals surface area contributed by atoms with E-state index in [9.17, 15) is 13.6 Å². The number of fused-ring (bicyclic) bond motifs is 1. The number of halogens is 4. The number of amides is 1. The third-order valence-corrected chi connectivity index (χ3v) is 5.92. The summed E-state index contributed by atoms with van der Waals surface area (Å²) in [5.74, 6) is -3.77. The molecule has 1 aromatic carbocycles. The third kappa shape index (κ3) is 3.60. The van der Waals surface area contributed by atoms with Gasteiger partial charge in [0.25, 0.3) is 17.6 Å². The molecule has 6 nitrogen and oxygen atoms in total. The number of hydrogen-bond acceptors (Lipinski definition) is 4. The Balaban J connectivity index is 1.69. The van der Waals surface area contributed by atoms with Crippen LogP contribution >= 0.6 is 27.5 Å². The highest BCUT2D eigenvalue weighted by Crippen LogP contribution is 2.37. The number of carbonyl (C=O) groups is 1. The lowest BCUT2D eigenvalue weighted by atomic mass is 9.91. The fourth-order valence-corrected chi connectivity index (χ4v) is 3.94. The Morgan fingerprint density at radius 1 is 1.36 bits per heavy atom. The molecule has 0 radical (unpaired) electrons. The second-order valence-electron chi connectivity index (χ2n) is 6.87. The summed E-state index contributed by atoms with van der Waals surface area (Å²) in [6, 6.07) is 6.38. The molecule has 0 aliphatic carbocycles. The largest absolute Gasteiger partial charge is 0.332 e. The van der Waals surface area contributed by atoms with Gasteiger partial charge in [-0.1, -0.05) is 11.6 Å². The first-order valence-corrected chi connectivity index (χ1v) is 9.70. The summed E-state index contributed by atoms with van der Waals surface area (Å²) in [4.78, 5) is 22.3. The zero-order chi connectivity index (χ0) is 20.1. The average Bonchev–Trinajstić information content (AvgIpc) is 3.09. The Morgan fingerprint density at radius 3 is 2.89 bits per heavy atom. The van der Waals surface area contributed by atoms with Crippen LogP contribution in [0, 0.1) is 6.92 Å². The first-order valence-electron chi connectivity index (χ1n) is 8.53. The van der Waals surface area contributed by atoms with Crippen molar-refractivity contribution >= 4 is 39.2 Å². The summed E-state index contributed by atoms with van der Waals surface area (Å²) in [5.41, 5.74) is 1.48. The van der Waals surface area contributed by atoms with E-state index < -0.39 is 24.3 Å². The van der Waals surface area contributed by atoms with E-state index in [1.807, 2.05) is 0 Å². The predicted molar refractivity (Wildman–Crippen MR) is 103 cm³/mol. The second kappa shape index (κ2) is 7.04. The van der Waals surface area contributed by atoms with Crippen LogP contribution in [0.5, 0.6) is 0 Å². The number of alkyl halides is 2. The van der Waals surface area contributed by atoms with Gasteiger partial charge in [0, 0.05) is 34.6 Å². The van der Waals surface area contributed by atoms with Crippen molar-refractivity contribution in [2.45, 2.75) is 25.2 Å². The molecule has 146 valence electrons. The molecule has 1 fully saturated rings. The van der Waals surface area contributed by atoms with Crippen LogP contribution in [-0.2, 0) is 0 Å². The second-order valence-corrected chi connectivity index (χ2v) is 8.13. The minimum Gasteiger partial charge on any atom is -0.332 e. The highest BCUT2D eigenvalue weighted by molar-refractivity contribution is 9.10. The Morgan fingerprint density at radius 2 is 2.14 bits per heavy atom. The first kappa shape index (κ1) is 19.2. The van der Waals surface area contributed by atoms with Crippen molar-refractivity contribution in [3.8, 4) is 0 Å². The number of nitrogens with zero attached hydrogens (tertiary/aromatic N) is 5. The summed E-state index contributed by atoms with van der Waals surface area (Å²) in [5, 5.41) is 4.45. The van der Waals surface area contributed by atoms with Gasteiger partial charge in [-0.2, -0.15) is 10.1 Å². The quantitative estimate of drug-likeness (QED) is 0.565. The molecule has 1 aliphatic heterocycles. The summed E-state index contributed by atoms with van der Waals surface area (Å²) in [6.07, 6.45) is 0.954. The van der Waals surface area contributed by atoms with Gasteiger partial charge in [-0.25, -0.2) is 18.3 Å². The van der Waals surface area contributed by atoms with Gasteiger partial charge >= 0.3 is 0 Å². The zero-order valence-corrected chi connectivity index (χ0v) is 17.1. The van der Waals surface area contributed by atoms with Crippen LogP contribution in [0.3, 0.4) is 0 Å². The molecule has 1 atom stereocenters. The van der Waals surface area contributed by atoms with Gasteiger partial charge in [0.2, 0.25) is 0 Å². The molecule has 2 aromatic heterocycles. The number of likely N-dealkylation sites (tertiary alicyclic amines) is 1. The summed E-state index contributed by atoms with van der Waals surface area (Å²) in [6.45, 7) is 1.27. The molecule has 0 saturated carbocycles. The van der Waals surface area contributed by atoms with Crippen LogP contribution in [0.2, 0.25) is 5.02 Å². The molecular formula is C18H15BrClF2N5O. The predicted octanol–water partition coefficient (Wildman–Crippen LogP) is 4.11. The molecule has 3 heterocycles. The summed E-state index contributed by atoms with van der Waals surface area (Å²) < 4.78 is 31.2. The number of hydrogen-bond donors (Lipinski definition) is 0. The number of carbonyl (C=O) groups excluding carboxylic acids is 1. The molecule has 0 N–H and O–H groups in total. The number of benzene rings is 1. The normalized spacial score (nSPS) is 19.2. The van der Waals surface area contributed by atoms with Gasteiger partial charge in [0.05, 0.1) is 17.3 Å². The third-order valence-electron chi connectivity index (χ3n) is 4.69. The number of piperidine rings is 1. The van der Waals surface area contributed by atoms with Crippen molar-refractivity contribution in [2.24, 2.45) is 0 Å². The van der Waals surface area contributed by atoms with Crippen molar-refractivity contribution in [1.29, 1.82) is 0 Å². The van der Waals surface area contributed by atoms with Crippen molar-refractivity contribution in [2.75, 3.05) is 13.1 Å². The summed E-state index contributed by atoms with van der Waals surface area (Å²) in [7, 11) is 0. The van der Waals surface area contributed by atoms with Crippen molar-refractivity contribution in [3.05, 3.63) is 57.0 Å². The fraction of sp³-hybridized carbons (Fsp3) is 0.333. The maximum atomic E-state index is 14.5. The lowest BCUT2D eigenvalue weighted by molar-refractivity contribution is -0.0641. The first-order chi connectivity index (χ1) is 13.2. The van der Waals surface area contributed by atoms with Gasteiger partial charge < -0.3 is 4.90 Å². The van der Waals surface area contributed by atoms with E-state index in [0.717, 1.165) is 0 Å². The van der Waals surface area contributed by atoms with Crippen LogP contribution in [-0.4, -0.2) is 49.4 Å². The molecule has 3 aromatic rings. The molecule has 1 unspecified atom stereocenters. The van der Waals surface area contributed by atoms with E-state index in [2.05, 4.69) is 31.0 Å². The highest BCUT2D eigenvalue weighted by atomic mass is 79.9. The smallest absolute Gasteiger partial charge is 0.266 e. The van der Waals surface area contributed by atoms with E-state index in [1.54, 1.807) is 25.1 Å². The molecule has 4 rings (SSSR count).